The summed E-state index contributed by atoms with van der Waals surface area (Å²) in [7, 11) is 0. The lowest BCUT2D eigenvalue weighted by Crippen LogP contribution is -2.43. The van der Waals surface area contributed by atoms with Crippen LogP contribution in [0.25, 0.3) is 0 Å². The summed E-state index contributed by atoms with van der Waals surface area (Å²) in [6, 6.07) is 6.19. The molecule has 1 fully saturated rings. The van der Waals surface area contributed by atoms with Crippen molar-refractivity contribution in [2.24, 2.45) is 0 Å². The maximum Gasteiger partial charge on any atom is 0.335 e. The number of hydrogen-bond donors (Lipinski definition) is 1. The Kier molecular flexibility index (Phi) is 4.61. The van der Waals surface area contributed by atoms with E-state index in [9.17, 15) is 9.59 Å². The molecule has 1 atom stereocenters. The van der Waals surface area contributed by atoms with Crippen LogP contribution in [-0.2, 0) is 4.79 Å². The van der Waals surface area contributed by atoms with E-state index in [0.717, 1.165) is 25.9 Å². The second-order valence-corrected chi connectivity index (χ2v) is 4.98. The van der Waals surface area contributed by atoms with Crippen LogP contribution in [0.5, 0.6) is 5.75 Å². The van der Waals surface area contributed by atoms with E-state index in [4.69, 9.17) is 9.84 Å². The van der Waals surface area contributed by atoms with Crippen molar-refractivity contribution in [1.29, 1.82) is 0 Å². The van der Waals surface area contributed by atoms with Crippen molar-refractivity contribution in [3.63, 3.8) is 0 Å². The predicted molar refractivity (Wildman–Crippen MR) is 73.9 cm³/mol. The number of carboxylic acids is 1. The number of rotatable bonds is 4. The normalized spacial score (nSPS) is 16.6. The fraction of sp³-hybridized carbons (Fsp3) is 0.467. The molecule has 1 heterocycles. The van der Waals surface area contributed by atoms with Crippen LogP contribution < -0.4 is 4.74 Å². The molecule has 2 rings (SSSR count). The minimum atomic E-state index is -1.01. The van der Waals surface area contributed by atoms with Crippen molar-refractivity contribution in [3.05, 3.63) is 29.8 Å². The first-order valence-corrected chi connectivity index (χ1v) is 6.87. The van der Waals surface area contributed by atoms with Crippen LogP contribution in [0.2, 0.25) is 0 Å². The number of benzene rings is 1. The summed E-state index contributed by atoms with van der Waals surface area (Å²) in [6.45, 7) is 3.26. The highest BCUT2D eigenvalue weighted by atomic mass is 16.5. The number of carbonyl (C=O) groups is 2. The second-order valence-electron chi connectivity index (χ2n) is 4.98. The van der Waals surface area contributed by atoms with E-state index >= 15 is 0 Å². The Morgan fingerprint density at radius 2 is 1.95 bits per heavy atom. The highest BCUT2D eigenvalue weighted by Gasteiger charge is 2.23. The third-order valence-electron chi connectivity index (χ3n) is 3.41. The lowest BCUT2D eigenvalue weighted by Gasteiger charge is -2.29. The van der Waals surface area contributed by atoms with Gasteiger partial charge in [0.1, 0.15) is 5.75 Å². The van der Waals surface area contributed by atoms with Crippen LogP contribution in [0.15, 0.2) is 24.3 Å². The molecule has 1 aliphatic heterocycles. The van der Waals surface area contributed by atoms with Crippen molar-refractivity contribution in [2.45, 2.75) is 32.3 Å². The molecule has 1 saturated heterocycles. The molecular formula is C15H19NO4. The Bertz CT molecular complexity index is 494. The van der Waals surface area contributed by atoms with Crippen molar-refractivity contribution in [2.75, 3.05) is 13.1 Å². The predicted octanol–water partition coefficient (Wildman–Crippen LogP) is 2.16. The van der Waals surface area contributed by atoms with Crippen molar-refractivity contribution < 1.29 is 19.4 Å². The van der Waals surface area contributed by atoms with E-state index in [2.05, 4.69) is 0 Å². The molecule has 0 saturated carbocycles. The van der Waals surface area contributed by atoms with Gasteiger partial charge in [-0.25, -0.2) is 4.79 Å². The second kappa shape index (κ2) is 6.41. The van der Waals surface area contributed by atoms with Crippen molar-refractivity contribution in [3.8, 4) is 5.75 Å². The number of carbonyl (C=O) groups excluding carboxylic acids is 1. The first-order chi connectivity index (χ1) is 9.58. The van der Waals surface area contributed by atoms with Gasteiger partial charge in [0.25, 0.3) is 5.91 Å². The molecule has 0 radical (unpaired) electrons. The van der Waals surface area contributed by atoms with Crippen LogP contribution in [0.1, 0.15) is 36.5 Å². The van der Waals surface area contributed by atoms with Gasteiger partial charge in [0, 0.05) is 13.1 Å². The molecule has 5 heteroatoms. The average Bonchev–Trinajstić information content (AvgIpc) is 2.47. The van der Waals surface area contributed by atoms with Gasteiger partial charge in [-0.15, -0.1) is 0 Å². The Labute approximate surface area is 118 Å². The smallest absolute Gasteiger partial charge is 0.335 e. The summed E-state index contributed by atoms with van der Waals surface area (Å²) >= 11 is 0. The van der Waals surface area contributed by atoms with Crippen LogP contribution in [-0.4, -0.2) is 41.1 Å². The summed E-state index contributed by atoms with van der Waals surface area (Å²) in [6.07, 6.45) is 2.64. The molecule has 1 aromatic carbocycles. The molecule has 0 aromatic heterocycles. The van der Waals surface area contributed by atoms with Gasteiger partial charge in [-0.1, -0.05) is 6.07 Å². The van der Waals surface area contributed by atoms with E-state index in [-0.39, 0.29) is 11.5 Å². The van der Waals surface area contributed by atoms with Gasteiger partial charge >= 0.3 is 5.97 Å². The standard InChI is InChI=1S/C15H19NO4/c1-11(14(17)16-8-3-2-4-9-16)20-13-7-5-6-12(10-13)15(18)19/h5-7,10-11H,2-4,8-9H2,1H3,(H,18,19). The molecule has 0 spiro atoms. The molecule has 0 bridgehead atoms. The molecule has 0 aliphatic carbocycles. The van der Waals surface area contributed by atoms with Gasteiger partial charge in [0.2, 0.25) is 0 Å². The van der Waals surface area contributed by atoms with E-state index in [1.54, 1.807) is 19.1 Å². The Morgan fingerprint density at radius 1 is 1.25 bits per heavy atom. The number of ether oxygens (including phenoxy) is 1. The maximum absolute atomic E-state index is 12.2. The van der Waals surface area contributed by atoms with Crippen LogP contribution in [0.4, 0.5) is 0 Å². The quantitative estimate of drug-likeness (QED) is 0.916. The Hall–Kier alpha value is -2.04. The van der Waals surface area contributed by atoms with Gasteiger partial charge in [-0.05, 0) is 44.4 Å². The van der Waals surface area contributed by atoms with Crippen molar-refractivity contribution >= 4 is 11.9 Å². The summed E-state index contributed by atoms with van der Waals surface area (Å²) in [5.74, 6) is -0.640. The molecule has 5 nitrogen and oxygen atoms in total. The van der Waals surface area contributed by atoms with Gasteiger partial charge in [-0.3, -0.25) is 4.79 Å². The third-order valence-corrected chi connectivity index (χ3v) is 3.41. The monoisotopic (exact) mass is 277 g/mol. The summed E-state index contributed by atoms with van der Waals surface area (Å²) in [5, 5.41) is 8.93. The Morgan fingerprint density at radius 3 is 2.60 bits per heavy atom. The van der Waals surface area contributed by atoms with E-state index < -0.39 is 12.1 Å². The summed E-state index contributed by atoms with van der Waals surface area (Å²) in [5.41, 5.74) is 0.153. The zero-order chi connectivity index (χ0) is 14.5. The minimum Gasteiger partial charge on any atom is -0.481 e. The topological polar surface area (TPSA) is 66.8 Å². The number of hydrogen-bond acceptors (Lipinski definition) is 3. The molecule has 108 valence electrons. The van der Waals surface area contributed by atoms with Gasteiger partial charge in [0.15, 0.2) is 6.10 Å². The number of carboxylic acid groups (broad SMARTS) is 1. The zero-order valence-corrected chi connectivity index (χ0v) is 11.5. The van der Waals surface area contributed by atoms with E-state index in [1.165, 1.54) is 18.6 Å². The maximum atomic E-state index is 12.2. The summed E-state index contributed by atoms with van der Waals surface area (Å²) < 4.78 is 5.57. The fourth-order valence-corrected chi connectivity index (χ4v) is 2.33. The first kappa shape index (κ1) is 14.4. The third kappa shape index (κ3) is 3.50. The number of amides is 1. The van der Waals surface area contributed by atoms with Crippen molar-refractivity contribution in [1.82, 2.24) is 4.90 Å². The first-order valence-electron chi connectivity index (χ1n) is 6.87. The number of aromatic carboxylic acids is 1. The van der Waals surface area contributed by atoms with Crippen LogP contribution in [0, 0.1) is 0 Å². The molecule has 1 aromatic rings. The highest BCUT2D eigenvalue weighted by molar-refractivity contribution is 5.88. The largest absolute Gasteiger partial charge is 0.481 e. The van der Waals surface area contributed by atoms with Gasteiger partial charge in [-0.2, -0.15) is 0 Å². The number of nitrogens with zero attached hydrogens (tertiary/aromatic N) is 1. The lowest BCUT2D eigenvalue weighted by molar-refractivity contribution is -0.138. The highest BCUT2D eigenvalue weighted by Crippen LogP contribution is 2.17. The Balaban J connectivity index is 1.99. The molecule has 1 aliphatic rings. The zero-order valence-electron chi connectivity index (χ0n) is 11.5. The fourth-order valence-electron chi connectivity index (χ4n) is 2.33. The minimum absolute atomic E-state index is 0.0366. The lowest BCUT2D eigenvalue weighted by atomic mass is 10.1. The van der Waals surface area contributed by atoms with E-state index in [1.807, 2.05) is 4.90 Å². The summed E-state index contributed by atoms with van der Waals surface area (Å²) in [4.78, 5) is 24.9. The molecular weight excluding hydrogens is 258 g/mol. The molecule has 20 heavy (non-hydrogen) atoms. The van der Waals surface area contributed by atoms with E-state index in [0.29, 0.717) is 5.75 Å². The average molecular weight is 277 g/mol. The van der Waals surface area contributed by atoms with Gasteiger partial charge in [0.05, 0.1) is 5.56 Å². The van der Waals surface area contributed by atoms with Crippen LogP contribution >= 0.6 is 0 Å². The van der Waals surface area contributed by atoms with Crippen LogP contribution in [0.3, 0.4) is 0 Å². The SMILES string of the molecule is CC(Oc1cccc(C(=O)O)c1)C(=O)N1CCCCC1. The molecule has 1 N–H and O–H groups in total. The molecule has 1 unspecified atom stereocenters. The number of piperidine rings is 1. The van der Waals surface area contributed by atoms with Gasteiger partial charge < -0.3 is 14.7 Å². The number of likely N-dealkylation sites (tertiary alicyclic amines) is 1. The molecule has 1 amide bonds.